The van der Waals surface area contributed by atoms with Crippen LogP contribution in [0.15, 0.2) is 48.5 Å². The number of carbonyl (C=O) groups is 3. The van der Waals surface area contributed by atoms with E-state index in [1.165, 1.54) is 0 Å². The lowest BCUT2D eigenvalue weighted by atomic mass is 9.92. The minimum Gasteiger partial charge on any atom is -0.388 e. The number of benzene rings is 3. The van der Waals surface area contributed by atoms with E-state index >= 15 is 0 Å². The summed E-state index contributed by atoms with van der Waals surface area (Å²) in [7, 11) is 3.94. The van der Waals surface area contributed by atoms with Gasteiger partial charge < -0.3 is 29.1 Å². The standard InChI is InChI=1S/C31H29N5O5/c1-33(2)16-11-12-34(13-16)30(40)31(41)15-36-20-10-6-4-8-18(20)23-25-24(28(38)32-29(25)39)22-17-7-3-5-9-19(17)35(14-21(31)37)26(22)27(23)36/h3-10,16,21,37,41H,11-15H2,1-2H3,(H,32,38,39)/t16?,21-,31+/m1/s1. The lowest BCUT2D eigenvalue weighted by Gasteiger charge is -2.37. The van der Waals surface area contributed by atoms with Crippen LogP contribution >= 0.6 is 0 Å². The average Bonchev–Trinajstić information content (AvgIpc) is 3.71. The maximum Gasteiger partial charge on any atom is 0.259 e. The Morgan fingerprint density at radius 1 is 0.902 bits per heavy atom. The zero-order chi connectivity index (χ0) is 28.4. The largest absolute Gasteiger partial charge is 0.388 e. The van der Waals surface area contributed by atoms with Gasteiger partial charge in [0.2, 0.25) is 0 Å². The van der Waals surface area contributed by atoms with Crippen LogP contribution in [0, 0.1) is 0 Å². The number of aromatic nitrogens is 2. The number of amides is 3. The summed E-state index contributed by atoms with van der Waals surface area (Å²) < 4.78 is 3.76. The third-order valence-corrected chi connectivity index (χ3v) is 9.45. The van der Waals surface area contributed by atoms with Crippen molar-refractivity contribution in [2.75, 3.05) is 27.2 Å². The first-order valence-electron chi connectivity index (χ1n) is 13.9. The molecule has 3 aliphatic rings. The fraction of sp³-hybridized carbons (Fsp3) is 0.323. The summed E-state index contributed by atoms with van der Waals surface area (Å²) in [4.78, 5) is 44.5. The molecule has 3 amide bonds. The molecule has 0 radical (unpaired) electrons. The molecule has 3 aliphatic heterocycles. The molecule has 41 heavy (non-hydrogen) atoms. The van der Waals surface area contributed by atoms with Gasteiger partial charge in [0, 0.05) is 51.7 Å². The van der Waals surface area contributed by atoms with Crippen LogP contribution in [-0.2, 0) is 17.9 Å². The number of rotatable bonds is 2. The van der Waals surface area contributed by atoms with Crippen LogP contribution in [0.1, 0.15) is 27.1 Å². The highest BCUT2D eigenvalue weighted by Gasteiger charge is 2.50. The number of para-hydroxylation sites is 2. The highest BCUT2D eigenvalue weighted by molar-refractivity contribution is 6.39. The normalized spacial score (nSPS) is 24.3. The molecule has 1 unspecified atom stereocenters. The van der Waals surface area contributed by atoms with Crippen LogP contribution in [0.4, 0.5) is 0 Å². The Morgan fingerprint density at radius 2 is 1.46 bits per heavy atom. The summed E-state index contributed by atoms with van der Waals surface area (Å²) in [6.07, 6.45) is -0.664. The Balaban J connectivity index is 1.49. The van der Waals surface area contributed by atoms with E-state index in [0.717, 1.165) is 22.7 Å². The summed E-state index contributed by atoms with van der Waals surface area (Å²) in [5.74, 6) is -1.43. The molecule has 208 valence electrons. The number of nitrogens with one attached hydrogen (secondary N) is 1. The van der Waals surface area contributed by atoms with Crippen LogP contribution in [0.3, 0.4) is 0 Å². The minimum absolute atomic E-state index is 0.0673. The monoisotopic (exact) mass is 551 g/mol. The van der Waals surface area contributed by atoms with Crippen molar-refractivity contribution in [3.8, 4) is 0 Å². The highest BCUT2D eigenvalue weighted by atomic mass is 16.4. The molecule has 0 spiro atoms. The van der Waals surface area contributed by atoms with Gasteiger partial charge in [0.25, 0.3) is 17.7 Å². The number of likely N-dealkylation sites (N-methyl/N-ethyl adjacent to an activating group) is 1. The van der Waals surface area contributed by atoms with E-state index in [2.05, 4.69) is 10.2 Å². The summed E-state index contributed by atoms with van der Waals surface area (Å²) in [6, 6.07) is 15.2. The van der Waals surface area contributed by atoms with E-state index in [1.54, 1.807) is 4.90 Å². The zero-order valence-corrected chi connectivity index (χ0v) is 22.7. The van der Waals surface area contributed by atoms with Gasteiger partial charge in [-0.25, -0.2) is 0 Å². The number of aliphatic hydroxyl groups excluding tert-OH is 1. The zero-order valence-electron chi connectivity index (χ0n) is 22.7. The van der Waals surface area contributed by atoms with Crippen LogP contribution in [0.5, 0.6) is 0 Å². The molecule has 8 rings (SSSR count). The molecule has 5 aromatic rings. The fourth-order valence-corrected chi connectivity index (χ4v) is 7.39. The molecule has 0 bridgehead atoms. The average molecular weight is 552 g/mol. The van der Waals surface area contributed by atoms with E-state index in [1.807, 2.05) is 71.8 Å². The molecule has 10 nitrogen and oxygen atoms in total. The number of likely N-dealkylation sites (tertiary alicyclic amines) is 1. The van der Waals surface area contributed by atoms with Crippen molar-refractivity contribution >= 4 is 61.3 Å². The molecule has 5 heterocycles. The summed E-state index contributed by atoms with van der Waals surface area (Å²) in [5, 5.41) is 29.3. The van der Waals surface area contributed by atoms with Gasteiger partial charge in [0.15, 0.2) is 5.60 Å². The van der Waals surface area contributed by atoms with Crippen molar-refractivity contribution in [2.24, 2.45) is 0 Å². The first-order valence-corrected chi connectivity index (χ1v) is 13.9. The number of carbonyl (C=O) groups excluding carboxylic acids is 3. The number of imide groups is 1. The Labute approximate surface area is 234 Å². The first kappa shape index (κ1) is 24.5. The Morgan fingerprint density at radius 3 is 2.05 bits per heavy atom. The highest BCUT2D eigenvalue weighted by Crippen LogP contribution is 2.46. The van der Waals surface area contributed by atoms with Gasteiger partial charge in [-0.3, -0.25) is 19.7 Å². The lowest BCUT2D eigenvalue weighted by Crippen LogP contribution is -2.59. The van der Waals surface area contributed by atoms with E-state index < -0.39 is 29.4 Å². The maximum absolute atomic E-state index is 14.1. The molecule has 3 N–H and O–H groups in total. The Hall–Kier alpha value is -4.25. The number of hydrogen-bond donors (Lipinski definition) is 3. The maximum atomic E-state index is 14.1. The summed E-state index contributed by atoms with van der Waals surface area (Å²) in [5.41, 5.74) is 1.29. The molecule has 3 atom stereocenters. The Kier molecular flexibility index (Phi) is 4.88. The van der Waals surface area contributed by atoms with Gasteiger partial charge in [-0.05, 0) is 32.6 Å². The number of nitrogens with zero attached hydrogens (tertiary/aromatic N) is 4. The van der Waals surface area contributed by atoms with Gasteiger partial charge in [0.1, 0.15) is 6.10 Å². The first-order chi connectivity index (χ1) is 19.7. The van der Waals surface area contributed by atoms with Gasteiger partial charge in [0.05, 0.1) is 35.2 Å². The topological polar surface area (TPSA) is 120 Å². The number of hydrogen-bond acceptors (Lipinski definition) is 6. The van der Waals surface area contributed by atoms with Gasteiger partial charge >= 0.3 is 0 Å². The number of fused-ring (bicyclic) bond motifs is 9. The third-order valence-electron chi connectivity index (χ3n) is 9.45. The number of aliphatic hydroxyl groups is 2. The predicted octanol–water partition coefficient (Wildman–Crippen LogP) is 2.05. The van der Waals surface area contributed by atoms with Crippen molar-refractivity contribution in [1.29, 1.82) is 0 Å². The lowest BCUT2D eigenvalue weighted by molar-refractivity contribution is -0.167. The van der Waals surface area contributed by atoms with Crippen LogP contribution in [-0.4, -0.2) is 91.8 Å². The van der Waals surface area contributed by atoms with Gasteiger partial charge in [-0.1, -0.05) is 36.4 Å². The van der Waals surface area contributed by atoms with Crippen LogP contribution in [0.2, 0.25) is 0 Å². The summed E-state index contributed by atoms with van der Waals surface area (Å²) in [6.45, 7) is 0.681. The van der Waals surface area contributed by atoms with Gasteiger partial charge in [-0.15, -0.1) is 0 Å². The SMILES string of the molecule is CN(C)C1CCN(C(=O)[C@]2(O)Cn3c4ccccc4c4c5c(c6c7ccccc7n(c6c43)C[C@H]2O)C(=O)NC5=O)C1. The predicted molar refractivity (Wildman–Crippen MR) is 154 cm³/mol. The summed E-state index contributed by atoms with van der Waals surface area (Å²) >= 11 is 0. The molecule has 1 fully saturated rings. The molecule has 10 heteroatoms. The van der Waals surface area contributed by atoms with Crippen LogP contribution < -0.4 is 5.32 Å². The second-order valence-corrected chi connectivity index (χ2v) is 11.8. The molecule has 0 aliphatic carbocycles. The molecular weight excluding hydrogens is 522 g/mol. The van der Waals surface area contributed by atoms with Crippen molar-refractivity contribution in [1.82, 2.24) is 24.3 Å². The second kappa shape index (κ2) is 8.16. The minimum atomic E-state index is -2.14. The van der Waals surface area contributed by atoms with E-state index in [0.29, 0.717) is 51.5 Å². The van der Waals surface area contributed by atoms with Gasteiger partial charge in [-0.2, -0.15) is 0 Å². The molecule has 1 saturated heterocycles. The van der Waals surface area contributed by atoms with E-state index in [-0.39, 0.29) is 19.1 Å². The molecule has 0 saturated carbocycles. The van der Waals surface area contributed by atoms with E-state index in [9.17, 15) is 24.6 Å². The second-order valence-electron chi connectivity index (χ2n) is 11.8. The van der Waals surface area contributed by atoms with E-state index in [4.69, 9.17) is 0 Å². The van der Waals surface area contributed by atoms with Crippen molar-refractivity contribution in [3.05, 3.63) is 59.7 Å². The van der Waals surface area contributed by atoms with Crippen molar-refractivity contribution in [2.45, 2.75) is 37.3 Å². The molecule has 3 aromatic carbocycles. The smallest absolute Gasteiger partial charge is 0.259 e. The molecule has 2 aromatic heterocycles. The third kappa shape index (κ3) is 3.04. The van der Waals surface area contributed by atoms with Crippen molar-refractivity contribution in [3.63, 3.8) is 0 Å². The molecular formula is C31H29N5O5. The van der Waals surface area contributed by atoms with Crippen LogP contribution in [0.25, 0.3) is 43.6 Å². The Bertz CT molecular complexity index is 2000. The fourth-order valence-electron chi connectivity index (χ4n) is 7.39. The van der Waals surface area contributed by atoms with Crippen molar-refractivity contribution < 1.29 is 24.6 Å². The quantitative estimate of drug-likeness (QED) is 0.289.